The number of nitrogens with one attached hydrogen (secondary N) is 1. The Labute approximate surface area is 228 Å². The van der Waals surface area contributed by atoms with Gasteiger partial charge in [-0.2, -0.15) is 11.8 Å². The average molecular weight is 566 g/mol. The molecule has 0 aliphatic carbocycles. The van der Waals surface area contributed by atoms with Crippen LogP contribution < -0.4 is 21.7 Å². The molecule has 1 aromatic carbocycles. The second-order valence-corrected chi connectivity index (χ2v) is 10.5. The molecule has 3 aliphatic rings. The van der Waals surface area contributed by atoms with Crippen molar-refractivity contribution in [3.05, 3.63) is 17.4 Å². The van der Waals surface area contributed by atoms with E-state index in [1.54, 1.807) is 16.7 Å². The number of benzene rings is 1. The fourth-order valence-corrected chi connectivity index (χ4v) is 6.43. The minimum absolute atomic E-state index is 0.0505. The van der Waals surface area contributed by atoms with Crippen LogP contribution in [0.2, 0.25) is 0 Å². The van der Waals surface area contributed by atoms with E-state index in [0.29, 0.717) is 5.75 Å². The van der Waals surface area contributed by atoms with Crippen LogP contribution in [0.4, 0.5) is 16.2 Å². The number of nitrogens with zero attached hydrogens (tertiary/aromatic N) is 2. The topological polar surface area (TPSA) is 207 Å². The van der Waals surface area contributed by atoms with Crippen molar-refractivity contribution in [2.45, 2.75) is 44.1 Å². The van der Waals surface area contributed by atoms with Crippen LogP contribution in [-0.4, -0.2) is 95.1 Å². The molecular formula is C24H31N5O9S. The zero-order valence-corrected chi connectivity index (χ0v) is 22.7. The zero-order valence-electron chi connectivity index (χ0n) is 21.8. The number of phenolic OH excluding ortho intramolecular Hbond substituents is 2. The van der Waals surface area contributed by atoms with Gasteiger partial charge in [-0.05, 0) is 6.92 Å². The third kappa shape index (κ3) is 4.44. The van der Waals surface area contributed by atoms with E-state index < -0.39 is 29.9 Å². The van der Waals surface area contributed by atoms with Crippen molar-refractivity contribution in [3.8, 4) is 11.5 Å². The molecule has 2 saturated heterocycles. The molecule has 0 spiro atoms. The molecule has 2 fully saturated rings. The molecule has 4 rings (SSSR count). The first-order valence-electron chi connectivity index (χ1n) is 12.0. The number of amides is 3. The second kappa shape index (κ2) is 10.4. The van der Waals surface area contributed by atoms with Gasteiger partial charge in [0.1, 0.15) is 29.8 Å². The molecule has 14 nitrogen and oxygen atoms in total. The number of nitrogen functional groups attached to an aromatic ring is 1. The van der Waals surface area contributed by atoms with Crippen LogP contribution in [0.1, 0.15) is 24.5 Å². The van der Waals surface area contributed by atoms with Gasteiger partial charge in [-0.15, -0.1) is 0 Å². The summed E-state index contributed by atoms with van der Waals surface area (Å²) in [6.07, 6.45) is 0.0854. The number of carbonyl (C=O) groups excluding carboxylic acids is 4. The van der Waals surface area contributed by atoms with E-state index in [1.165, 1.54) is 32.9 Å². The summed E-state index contributed by atoms with van der Waals surface area (Å²) >= 11 is 1.31. The molecule has 15 heteroatoms. The molecule has 7 N–H and O–H groups in total. The van der Waals surface area contributed by atoms with E-state index in [1.807, 2.05) is 0 Å². The molecule has 3 amide bonds. The van der Waals surface area contributed by atoms with Crippen molar-refractivity contribution < 1.29 is 43.6 Å². The second-order valence-electron chi connectivity index (χ2n) is 9.35. The first-order valence-corrected chi connectivity index (χ1v) is 13.1. The van der Waals surface area contributed by atoms with Crippen molar-refractivity contribution in [1.82, 2.24) is 10.2 Å². The summed E-state index contributed by atoms with van der Waals surface area (Å²) in [6.45, 7) is 3.12. The Bertz CT molecular complexity index is 1270. The maximum absolute atomic E-state index is 13.2. The Morgan fingerprint density at radius 3 is 2.54 bits per heavy atom. The Balaban J connectivity index is 1.54. The van der Waals surface area contributed by atoms with Crippen molar-refractivity contribution in [1.29, 1.82) is 0 Å². The number of phenols is 2. The van der Waals surface area contributed by atoms with E-state index in [-0.39, 0.29) is 76.1 Å². The number of anilines is 2. The highest BCUT2D eigenvalue weighted by atomic mass is 32.2. The Hall–Kier alpha value is -3.85. The normalized spacial score (nSPS) is 24.1. The number of piperazine rings is 1. The van der Waals surface area contributed by atoms with E-state index in [0.717, 1.165) is 6.26 Å². The van der Waals surface area contributed by atoms with Crippen LogP contribution in [0.25, 0.3) is 5.57 Å². The van der Waals surface area contributed by atoms with Gasteiger partial charge in [0, 0.05) is 44.1 Å². The van der Waals surface area contributed by atoms with Gasteiger partial charge in [0.05, 0.1) is 35.7 Å². The molecule has 3 unspecified atom stereocenters. The fourth-order valence-electron chi connectivity index (χ4n) is 5.49. The van der Waals surface area contributed by atoms with Gasteiger partial charge in [-0.3, -0.25) is 9.59 Å². The molecular weight excluding hydrogens is 534 g/mol. The van der Waals surface area contributed by atoms with E-state index in [2.05, 4.69) is 5.32 Å². The maximum atomic E-state index is 13.2. The van der Waals surface area contributed by atoms with Gasteiger partial charge in [0.15, 0.2) is 5.72 Å². The molecule has 0 saturated carbocycles. The number of aromatic hydroxyl groups is 2. The molecule has 0 aromatic heterocycles. The van der Waals surface area contributed by atoms with Gasteiger partial charge >= 0.3 is 12.1 Å². The molecule has 0 radical (unpaired) electrons. The number of hydrogen-bond donors (Lipinski definition) is 5. The predicted octanol–water partition coefficient (Wildman–Crippen LogP) is -0.0187. The average Bonchev–Trinajstić information content (AvgIpc) is 3.40. The summed E-state index contributed by atoms with van der Waals surface area (Å²) in [5, 5.41) is 24.4. The third-order valence-electron chi connectivity index (χ3n) is 7.24. The standard InChI is InChI=1S/C24H31N5O9S/c1-10-17(25)20(33)16-12(8-38-23(26)35)24(37-4)21-14(7-28(24)18(16)19(10)32)29(21)15(31)5-6-39-9-13(22(34)36-3)27-11(2)30/h8,13-14,21,32-33H,5-7,9,25H2,1-4H3,(H2,26,35)(H,27,30)/t13?,14?,21?,24-,29?/m1/s1. The lowest BCUT2D eigenvalue weighted by Crippen LogP contribution is -2.51. The van der Waals surface area contributed by atoms with Gasteiger partial charge in [0.25, 0.3) is 0 Å². The smallest absolute Gasteiger partial charge is 0.409 e. The SMILES string of the molecule is COC(=O)C(CSCCC(=O)N1C2CN3c4c(O)c(C)c(N)c(O)c4C(=COC(N)=O)[C@@]3(OC)C21)NC(C)=O. The highest BCUT2D eigenvalue weighted by molar-refractivity contribution is 7.99. The van der Waals surface area contributed by atoms with Crippen molar-refractivity contribution in [2.24, 2.45) is 5.73 Å². The molecule has 3 heterocycles. The molecule has 4 atom stereocenters. The van der Waals surface area contributed by atoms with E-state index in [9.17, 15) is 29.4 Å². The first kappa shape index (κ1) is 28.2. The highest BCUT2D eigenvalue weighted by Crippen LogP contribution is 2.65. The Morgan fingerprint density at radius 2 is 1.95 bits per heavy atom. The van der Waals surface area contributed by atoms with Gasteiger partial charge in [-0.25, -0.2) is 9.59 Å². The van der Waals surface area contributed by atoms with Gasteiger partial charge < -0.3 is 51.0 Å². The number of thioether (sulfide) groups is 1. The van der Waals surface area contributed by atoms with Gasteiger partial charge in [0.2, 0.25) is 11.8 Å². The minimum Gasteiger partial charge on any atom is -0.505 e. The number of nitrogens with two attached hydrogens (primary N) is 2. The number of methoxy groups -OCH3 is 2. The number of primary amides is 1. The van der Waals surface area contributed by atoms with Crippen LogP contribution in [0.3, 0.4) is 0 Å². The summed E-state index contributed by atoms with van der Waals surface area (Å²) < 4.78 is 15.7. The monoisotopic (exact) mass is 565 g/mol. The first-order chi connectivity index (χ1) is 18.4. The van der Waals surface area contributed by atoms with Crippen LogP contribution in [0.15, 0.2) is 6.26 Å². The lowest BCUT2D eigenvalue weighted by molar-refractivity contribution is -0.144. The number of ether oxygens (including phenoxy) is 3. The summed E-state index contributed by atoms with van der Waals surface area (Å²) in [7, 11) is 2.64. The molecule has 0 bridgehead atoms. The molecule has 1 aromatic rings. The fraction of sp³-hybridized carbons (Fsp3) is 0.500. The van der Waals surface area contributed by atoms with Crippen molar-refractivity contribution in [2.75, 3.05) is 42.9 Å². The van der Waals surface area contributed by atoms with Crippen LogP contribution in [0.5, 0.6) is 11.5 Å². The van der Waals surface area contributed by atoms with E-state index >= 15 is 0 Å². The quantitative estimate of drug-likeness (QED) is 0.0509. The number of fused-ring (bicyclic) bond motifs is 5. The summed E-state index contributed by atoms with van der Waals surface area (Å²) in [5.41, 5.74) is 10.6. The predicted molar refractivity (Wildman–Crippen MR) is 141 cm³/mol. The zero-order chi connectivity index (χ0) is 28.8. The summed E-state index contributed by atoms with van der Waals surface area (Å²) in [5.74, 6) is -1.02. The van der Waals surface area contributed by atoms with Crippen LogP contribution in [-0.2, 0) is 28.6 Å². The van der Waals surface area contributed by atoms with Crippen LogP contribution >= 0.6 is 11.8 Å². The van der Waals surface area contributed by atoms with E-state index in [4.69, 9.17) is 25.7 Å². The van der Waals surface area contributed by atoms with Gasteiger partial charge in [-0.1, -0.05) is 0 Å². The number of esters is 1. The number of rotatable bonds is 9. The van der Waals surface area contributed by atoms with Crippen molar-refractivity contribution in [3.63, 3.8) is 0 Å². The number of carbonyl (C=O) groups is 4. The molecule has 39 heavy (non-hydrogen) atoms. The largest absolute Gasteiger partial charge is 0.505 e. The molecule has 212 valence electrons. The lowest BCUT2D eigenvalue weighted by atomic mass is 9.94. The van der Waals surface area contributed by atoms with Crippen LogP contribution in [0, 0.1) is 6.92 Å². The Morgan fingerprint density at radius 1 is 1.26 bits per heavy atom. The highest BCUT2D eigenvalue weighted by Gasteiger charge is 2.75. The Kier molecular flexibility index (Phi) is 7.49. The lowest BCUT2D eigenvalue weighted by Gasteiger charge is -2.37. The summed E-state index contributed by atoms with van der Waals surface area (Å²) in [6, 6.07) is -1.64. The van der Waals surface area contributed by atoms with Crippen molar-refractivity contribution >= 4 is 52.6 Å². The summed E-state index contributed by atoms with van der Waals surface area (Å²) in [4.78, 5) is 51.3. The minimum atomic E-state index is -1.39. The third-order valence-corrected chi connectivity index (χ3v) is 8.30. The maximum Gasteiger partial charge on any atom is 0.409 e. The number of hydrogen-bond acceptors (Lipinski definition) is 12. The molecule has 3 aliphatic heterocycles.